The van der Waals surface area contributed by atoms with Gasteiger partial charge < -0.3 is 10.6 Å². The molecule has 0 bridgehead atoms. The smallest absolute Gasteiger partial charge is 0.330 e. The second-order valence-electron chi connectivity index (χ2n) is 5.42. The number of aryl methyl sites for hydroxylation is 1. The first kappa shape index (κ1) is 20.3. The Morgan fingerprint density at radius 2 is 1.93 bits per heavy atom. The van der Waals surface area contributed by atoms with Crippen LogP contribution in [0.1, 0.15) is 21.2 Å². The van der Waals surface area contributed by atoms with Crippen LogP contribution >= 0.6 is 34.5 Å². The Morgan fingerprint density at radius 1 is 1.18 bits per heavy atom. The molecule has 146 valence electrons. The number of aromatic nitrogens is 3. The minimum Gasteiger partial charge on any atom is -0.330 e. The van der Waals surface area contributed by atoms with E-state index in [1.54, 1.807) is 6.92 Å². The molecule has 0 aliphatic carbocycles. The van der Waals surface area contributed by atoms with Crippen molar-refractivity contribution < 1.29 is 18.0 Å². The summed E-state index contributed by atoms with van der Waals surface area (Å²) in [6.07, 6.45) is -3.24. The molecule has 0 saturated heterocycles. The van der Waals surface area contributed by atoms with Gasteiger partial charge in [-0.15, -0.1) is 0 Å². The van der Waals surface area contributed by atoms with Crippen LogP contribution < -0.4 is 10.6 Å². The minimum absolute atomic E-state index is 0.0443. The van der Waals surface area contributed by atoms with Crippen LogP contribution in [0.3, 0.4) is 0 Å². The number of carbonyl (C=O) groups excluding carboxylic acids is 1. The number of benzene rings is 1. The molecular formula is C16H10Cl2F3N5OS. The van der Waals surface area contributed by atoms with Crippen LogP contribution in [-0.4, -0.2) is 20.9 Å². The number of nitrogens with zero attached hydrogens (tertiary/aromatic N) is 3. The number of thiazole rings is 1. The predicted molar refractivity (Wildman–Crippen MR) is 102 cm³/mol. The maximum absolute atomic E-state index is 12.9. The van der Waals surface area contributed by atoms with E-state index in [0.717, 1.165) is 23.5 Å². The van der Waals surface area contributed by atoms with Gasteiger partial charge in [-0.05, 0) is 25.1 Å². The Labute approximate surface area is 170 Å². The molecule has 3 aromatic rings. The molecule has 0 aliphatic heterocycles. The quantitative estimate of drug-likeness (QED) is 0.511. The van der Waals surface area contributed by atoms with E-state index in [0.29, 0.717) is 16.6 Å². The molecule has 2 heterocycles. The first-order chi connectivity index (χ1) is 13.1. The number of nitrogens with one attached hydrogen (secondary N) is 2. The highest BCUT2D eigenvalue weighted by molar-refractivity contribution is 7.17. The van der Waals surface area contributed by atoms with Crippen LogP contribution in [0, 0.1) is 6.92 Å². The van der Waals surface area contributed by atoms with Gasteiger partial charge in [0.1, 0.15) is 21.8 Å². The summed E-state index contributed by atoms with van der Waals surface area (Å²) in [6.45, 7) is 1.67. The lowest BCUT2D eigenvalue weighted by molar-refractivity contribution is -0.137. The molecule has 0 atom stereocenters. The molecule has 2 N–H and O–H groups in total. The van der Waals surface area contributed by atoms with Gasteiger partial charge in [-0.1, -0.05) is 34.5 Å². The Kier molecular flexibility index (Phi) is 5.73. The SMILES string of the molecule is Cc1nc(Cl)cc(Nc2cnc(C(=O)Nc3ccc(Cl)c(C(F)(F)F)c3)s2)n1. The van der Waals surface area contributed by atoms with Crippen LogP contribution in [0.25, 0.3) is 0 Å². The fourth-order valence-corrected chi connectivity index (χ4v) is 3.33. The summed E-state index contributed by atoms with van der Waals surface area (Å²) in [5.41, 5.74) is -1.09. The number of amides is 1. The van der Waals surface area contributed by atoms with Crippen molar-refractivity contribution >= 4 is 57.0 Å². The summed E-state index contributed by atoms with van der Waals surface area (Å²) in [6, 6.07) is 4.60. The van der Waals surface area contributed by atoms with Crippen molar-refractivity contribution in [1.29, 1.82) is 0 Å². The summed E-state index contributed by atoms with van der Waals surface area (Å²) in [5.74, 6) is 0.215. The Balaban J connectivity index is 1.74. The molecule has 0 unspecified atom stereocenters. The second kappa shape index (κ2) is 7.90. The molecule has 0 fully saturated rings. The zero-order valence-corrected chi connectivity index (χ0v) is 16.3. The van der Waals surface area contributed by atoms with Crippen molar-refractivity contribution in [2.45, 2.75) is 13.1 Å². The van der Waals surface area contributed by atoms with Gasteiger partial charge in [-0.2, -0.15) is 13.2 Å². The fraction of sp³-hybridized carbons (Fsp3) is 0.125. The molecule has 2 aromatic heterocycles. The molecule has 3 rings (SSSR count). The van der Waals surface area contributed by atoms with E-state index in [9.17, 15) is 18.0 Å². The highest BCUT2D eigenvalue weighted by Gasteiger charge is 2.33. The number of hydrogen-bond acceptors (Lipinski definition) is 6. The zero-order chi connectivity index (χ0) is 20.5. The summed E-state index contributed by atoms with van der Waals surface area (Å²) >= 11 is 12.4. The summed E-state index contributed by atoms with van der Waals surface area (Å²) in [7, 11) is 0. The highest BCUT2D eigenvalue weighted by atomic mass is 35.5. The first-order valence-electron chi connectivity index (χ1n) is 7.54. The first-order valence-corrected chi connectivity index (χ1v) is 9.11. The number of hydrogen-bond donors (Lipinski definition) is 2. The van der Waals surface area contributed by atoms with E-state index in [1.807, 2.05) is 0 Å². The molecule has 0 spiro atoms. The topological polar surface area (TPSA) is 79.8 Å². The molecular weight excluding hydrogens is 438 g/mol. The van der Waals surface area contributed by atoms with E-state index in [1.165, 1.54) is 18.3 Å². The normalized spacial score (nSPS) is 11.4. The van der Waals surface area contributed by atoms with Crippen LogP contribution in [0.4, 0.5) is 29.7 Å². The number of halogens is 5. The molecule has 1 amide bonds. The zero-order valence-electron chi connectivity index (χ0n) is 13.9. The molecule has 6 nitrogen and oxygen atoms in total. The van der Waals surface area contributed by atoms with Crippen molar-refractivity contribution in [1.82, 2.24) is 15.0 Å². The average Bonchev–Trinajstić information content (AvgIpc) is 3.03. The summed E-state index contributed by atoms with van der Waals surface area (Å²) in [4.78, 5) is 24.3. The third-order valence-corrected chi connectivity index (χ3v) is 4.72. The molecule has 0 aliphatic rings. The predicted octanol–water partition coefficient (Wildman–Crippen LogP) is 5.56. The van der Waals surface area contributed by atoms with Crippen LogP contribution in [0.5, 0.6) is 0 Å². The summed E-state index contributed by atoms with van der Waals surface area (Å²) in [5, 5.41) is 5.64. The third-order valence-electron chi connectivity index (χ3n) is 3.29. The molecule has 28 heavy (non-hydrogen) atoms. The van der Waals surface area contributed by atoms with Gasteiger partial charge in [0.2, 0.25) is 0 Å². The summed E-state index contributed by atoms with van der Waals surface area (Å²) < 4.78 is 38.8. The Morgan fingerprint density at radius 3 is 2.61 bits per heavy atom. The van der Waals surface area contributed by atoms with Gasteiger partial charge in [-0.25, -0.2) is 15.0 Å². The highest BCUT2D eigenvalue weighted by Crippen LogP contribution is 2.36. The number of anilines is 3. The standard InChI is InChI=1S/C16H10Cl2F3N5OS/c1-7-23-11(18)5-12(24-7)26-13-6-22-15(28-13)14(27)25-8-2-3-10(17)9(4-8)16(19,20)21/h2-6H,1H3,(H,25,27)(H,23,24,26). The van der Waals surface area contributed by atoms with Gasteiger partial charge in [0.25, 0.3) is 5.91 Å². The van der Waals surface area contributed by atoms with Crippen LogP contribution in [0.2, 0.25) is 10.2 Å². The lowest BCUT2D eigenvalue weighted by Gasteiger charge is -2.11. The van der Waals surface area contributed by atoms with Gasteiger partial charge in [0, 0.05) is 11.8 Å². The number of alkyl halides is 3. The van der Waals surface area contributed by atoms with Crippen molar-refractivity contribution in [3.8, 4) is 0 Å². The third kappa shape index (κ3) is 4.89. The minimum atomic E-state index is -4.63. The average molecular weight is 448 g/mol. The van der Waals surface area contributed by atoms with Gasteiger partial charge >= 0.3 is 6.18 Å². The van der Waals surface area contributed by atoms with Crippen molar-refractivity contribution in [2.75, 3.05) is 10.6 Å². The number of rotatable bonds is 4. The van der Waals surface area contributed by atoms with E-state index in [4.69, 9.17) is 23.2 Å². The van der Waals surface area contributed by atoms with E-state index >= 15 is 0 Å². The monoisotopic (exact) mass is 447 g/mol. The van der Waals surface area contributed by atoms with Crippen molar-refractivity contribution in [2.24, 2.45) is 0 Å². The van der Waals surface area contributed by atoms with Gasteiger partial charge in [-0.3, -0.25) is 4.79 Å². The lowest BCUT2D eigenvalue weighted by Crippen LogP contribution is -2.13. The van der Waals surface area contributed by atoms with Crippen LogP contribution in [0.15, 0.2) is 30.5 Å². The fourth-order valence-electron chi connectivity index (χ4n) is 2.16. The number of carbonyl (C=O) groups is 1. The molecule has 0 radical (unpaired) electrons. The van der Waals surface area contributed by atoms with Crippen molar-refractivity contribution in [3.05, 3.63) is 57.0 Å². The van der Waals surface area contributed by atoms with E-state index in [-0.39, 0.29) is 15.8 Å². The Bertz CT molecular complexity index is 1020. The lowest BCUT2D eigenvalue weighted by atomic mass is 10.2. The van der Waals surface area contributed by atoms with Crippen molar-refractivity contribution in [3.63, 3.8) is 0 Å². The molecule has 0 saturated carbocycles. The second-order valence-corrected chi connectivity index (χ2v) is 7.25. The van der Waals surface area contributed by atoms with E-state index < -0.39 is 22.7 Å². The maximum Gasteiger partial charge on any atom is 0.417 e. The Hall–Kier alpha value is -2.43. The molecule has 12 heteroatoms. The molecule has 1 aromatic carbocycles. The van der Waals surface area contributed by atoms with Crippen LogP contribution in [-0.2, 0) is 6.18 Å². The van der Waals surface area contributed by atoms with E-state index in [2.05, 4.69) is 25.6 Å². The van der Waals surface area contributed by atoms with Gasteiger partial charge in [0.05, 0.1) is 16.8 Å². The van der Waals surface area contributed by atoms with Gasteiger partial charge in [0.15, 0.2) is 5.01 Å². The maximum atomic E-state index is 12.9. The largest absolute Gasteiger partial charge is 0.417 e.